The zero-order valence-corrected chi connectivity index (χ0v) is 14.2. The lowest BCUT2D eigenvalue weighted by Gasteiger charge is -2.23. The van der Waals surface area contributed by atoms with Crippen molar-refractivity contribution >= 4 is 0 Å². The maximum Gasteiger partial charge on any atom is 0.0135 e. The highest BCUT2D eigenvalue weighted by molar-refractivity contribution is 5.43. The zero-order chi connectivity index (χ0) is 16.2. The maximum atomic E-state index is 2.28. The van der Waals surface area contributed by atoms with Crippen LogP contribution in [0.15, 0.2) is 72.8 Å². The molecule has 116 valence electrons. The first-order valence-corrected chi connectivity index (χ1v) is 8.32. The molecule has 0 N–H and O–H groups in total. The molecule has 0 atom stereocenters. The molecule has 0 spiro atoms. The Morgan fingerprint density at radius 3 is 1.48 bits per heavy atom. The molecule has 0 aliphatic heterocycles. The summed E-state index contributed by atoms with van der Waals surface area (Å²) in [6, 6.07) is 26.3. The van der Waals surface area contributed by atoms with Crippen molar-refractivity contribution in [1.29, 1.82) is 0 Å². The first-order chi connectivity index (χ1) is 11.2. The molecule has 0 aliphatic carbocycles. The van der Waals surface area contributed by atoms with Gasteiger partial charge < -0.3 is 0 Å². The average molecular weight is 300 g/mol. The molecule has 3 rings (SSSR count). The largest absolute Gasteiger partial charge is 0.0620 e. The van der Waals surface area contributed by atoms with Crippen molar-refractivity contribution in [3.63, 3.8) is 0 Å². The van der Waals surface area contributed by atoms with E-state index >= 15 is 0 Å². The lowest BCUT2D eigenvalue weighted by atomic mass is 9.81. The average Bonchev–Trinajstić information content (AvgIpc) is 2.56. The standard InChI is InChI=1S/C23H24/c1-17-10-4-7-13-20(17)16-23(21-14-8-5-11-18(21)2)22-15-9-6-12-19(22)3/h4-15,23H,16H2,1-3H3. The highest BCUT2D eigenvalue weighted by Crippen LogP contribution is 2.33. The van der Waals surface area contributed by atoms with Gasteiger partial charge in [0, 0.05) is 5.92 Å². The van der Waals surface area contributed by atoms with Gasteiger partial charge in [0.1, 0.15) is 0 Å². The molecular formula is C23H24. The summed E-state index contributed by atoms with van der Waals surface area (Å²) < 4.78 is 0. The second kappa shape index (κ2) is 6.83. The van der Waals surface area contributed by atoms with Gasteiger partial charge in [0.25, 0.3) is 0 Å². The normalized spacial score (nSPS) is 11.0. The fraction of sp³-hybridized carbons (Fsp3) is 0.217. The Kier molecular flexibility index (Phi) is 4.62. The monoisotopic (exact) mass is 300 g/mol. The summed E-state index contributed by atoms with van der Waals surface area (Å²) in [5.41, 5.74) is 8.42. The number of hydrogen-bond donors (Lipinski definition) is 0. The molecule has 0 aliphatic rings. The minimum atomic E-state index is 0.401. The topological polar surface area (TPSA) is 0 Å². The van der Waals surface area contributed by atoms with E-state index < -0.39 is 0 Å². The first kappa shape index (κ1) is 15.6. The lowest BCUT2D eigenvalue weighted by Crippen LogP contribution is -2.09. The quantitative estimate of drug-likeness (QED) is 0.555. The van der Waals surface area contributed by atoms with Crippen LogP contribution in [0.1, 0.15) is 39.3 Å². The predicted octanol–water partition coefficient (Wildman–Crippen LogP) is 5.99. The molecule has 3 aromatic carbocycles. The van der Waals surface area contributed by atoms with E-state index in [0.717, 1.165) is 6.42 Å². The van der Waals surface area contributed by atoms with Gasteiger partial charge in [-0.25, -0.2) is 0 Å². The minimum Gasteiger partial charge on any atom is -0.0620 e. The summed E-state index contributed by atoms with van der Waals surface area (Å²) in [7, 11) is 0. The van der Waals surface area contributed by atoms with E-state index in [4.69, 9.17) is 0 Å². The van der Waals surface area contributed by atoms with Crippen LogP contribution in [0.25, 0.3) is 0 Å². The molecular weight excluding hydrogens is 276 g/mol. The summed E-state index contributed by atoms with van der Waals surface area (Å²) in [5, 5.41) is 0. The number of hydrogen-bond acceptors (Lipinski definition) is 0. The molecule has 23 heavy (non-hydrogen) atoms. The summed E-state index contributed by atoms with van der Waals surface area (Å²) in [4.78, 5) is 0. The number of benzene rings is 3. The van der Waals surface area contributed by atoms with Crippen LogP contribution in [0.5, 0.6) is 0 Å². The van der Waals surface area contributed by atoms with Crippen LogP contribution in [0.3, 0.4) is 0 Å². The maximum absolute atomic E-state index is 2.28. The fourth-order valence-electron chi connectivity index (χ4n) is 3.40. The fourth-order valence-corrected chi connectivity index (χ4v) is 3.40. The van der Waals surface area contributed by atoms with Crippen LogP contribution < -0.4 is 0 Å². The van der Waals surface area contributed by atoms with E-state index in [9.17, 15) is 0 Å². The van der Waals surface area contributed by atoms with Gasteiger partial charge in [-0.1, -0.05) is 72.8 Å². The number of aryl methyl sites for hydroxylation is 3. The Labute approximate surface area is 139 Å². The van der Waals surface area contributed by atoms with Gasteiger partial charge in [0.2, 0.25) is 0 Å². The SMILES string of the molecule is Cc1ccccc1CC(c1ccccc1C)c1ccccc1C. The predicted molar refractivity (Wildman–Crippen MR) is 99.1 cm³/mol. The molecule has 0 radical (unpaired) electrons. The summed E-state index contributed by atoms with van der Waals surface area (Å²) in [6.45, 7) is 6.65. The van der Waals surface area contributed by atoms with Crippen LogP contribution in [-0.2, 0) is 6.42 Å². The Balaban J connectivity index is 2.10. The highest BCUT2D eigenvalue weighted by atomic mass is 14.2. The van der Waals surface area contributed by atoms with Gasteiger partial charge in [-0.15, -0.1) is 0 Å². The number of rotatable bonds is 4. The van der Waals surface area contributed by atoms with Crippen molar-refractivity contribution in [2.75, 3.05) is 0 Å². The molecule has 0 heteroatoms. The van der Waals surface area contributed by atoms with Crippen LogP contribution in [0.4, 0.5) is 0 Å². The van der Waals surface area contributed by atoms with Gasteiger partial charge in [-0.05, 0) is 60.6 Å². The second-order valence-electron chi connectivity index (χ2n) is 6.40. The van der Waals surface area contributed by atoms with E-state index in [-0.39, 0.29) is 0 Å². The van der Waals surface area contributed by atoms with E-state index in [2.05, 4.69) is 93.6 Å². The third kappa shape index (κ3) is 3.37. The van der Waals surface area contributed by atoms with Crippen molar-refractivity contribution in [1.82, 2.24) is 0 Å². The molecule has 0 unspecified atom stereocenters. The van der Waals surface area contributed by atoms with Crippen molar-refractivity contribution in [2.24, 2.45) is 0 Å². The molecule has 0 fully saturated rings. The van der Waals surface area contributed by atoms with Crippen molar-refractivity contribution in [3.8, 4) is 0 Å². The highest BCUT2D eigenvalue weighted by Gasteiger charge is 2.19. The Hall–Kier alpha value is -2.34. The van der Waals surface area contributed by atoms with Crippen molar-refractivity contribution < 1.29 is 0 Å². The first-order valence-electron chi connectivity index (χ1n) is 8.32. The van der Waals surface area contributed by atoms with Gasteiger partial charge in [-0.3, -0.25) is 0 Å². The Morgan fingerprint density at radius 1 is 0.565 bits per heavy atom. The van der Waals surface area contributed by atoms with Gasteiger partial charge in [0.15, 0.2) is 0 Å². The molecule has 0 saturated carbocycles. The summed E-state index contributed by atoms with van der Waals surface area (Å²) in [6.07, 6.45) is 1.04. The molecule has 0 aromatic heterocycles. The molecule has 0 nitrogen and oxygen atoms in total. The second-order valence-corrected chi connectivity index (χ2v) is 6.40. The lowest BCUT2D eigenvalue weighted by molar-refractivity contribution is 0.787. The van der Waals surface area contributed by atoms with E-state index in [0.29, 0.717) is 5.92 Å². The molecule has 0 saturated heterocycles. The smallest absolute Gasteiger partial charge is 0.0135 e. The third-order valence-corrected chi connectivity index (χ3v) is 4.81. The zero-order valence-electron chi connectivity index (χ0n) is 14.2. The Morgan fingerprint density at radius 2 is 1.00 bits per heavy atom. The van der Waals surface area contributed by atoms with E-state index in [1.165, 1.54) is 33.4 Å². The third-order valence-electron chi connectivity index (χ3n) is 4.81. The summed E-state index contributed by atoms with van der Waals surface area (Å²) in [5.74, 6) is 0.401. The van der Waals surface area contributed by atoms with E-state index in [1.807, 2.05) is 0 Å². The summed E-state index contributed by atoms with van der Waals surface area (Å²) >= 11 is 0. The van der Waals surface area contributed by atoms with E-state index in [1.54, 1.807) is 0 Å². The van der Waals surface area contributed by atoms with Crippen LogP contribution in [-0.4, -0.2) is 0 Å². The Bertz CT molecular complexity index is 753. The van der Waals surface area contributed by atoms with Crippen LogP contribution >= 0.6 is 0 Å². The molecule has 0 bridgehead atoms. The van der Waals surface area contributed by atoms with Crippen molar-refractivity contribution in [2.45, 2.75) is 33.1 Å². The minimum absolute atomic E-state index is 0.401. The van der Waals surface area contributed by atoms with Gasteiger partial charge >= 0.3 is 0 Å². The molecule has 0 heterocycles. The van der Waals surface area contributed by atoms with Crippen LogP contribution in [0.2, 0.25) is 0 Å². The van der Waals surface area contributed by atoms with Gasteiger partial charge in [0.05, 0.1) is 0 Å². The molecule has 3 aromatic rings. The molecule has 0 amide bonds. The van der Waals surface area contributed by atoms with Crippen LogP contribution in [0, 0.1) is 20.8 Å². The van der Waals surface area contributed by atoms with Crippen molar-refractivity contribution in [3.05, 3.63) is 106 Å². The van der Waals surface area contributed by atoms with Gasteiger partial charge in [-0.2, -0.15) is 0 Å².